The molecule has 0 radical (unpaired) electrons. The molecule has 0 spiro atoms. The molecular weight excluding hydrogens is 354 g/mol. The molecule has 136 valence electrons. The second kappa shape index (κ2) is 7.74. The van der Waals surface area contributed by atoms with Crippen LogP contribution >= 0.6 is 11.6 Å². The Morgan fingerprint density at radius 3 is 2.73 bits per heavy atom. The molecule has 0 N–H and O–H groups in total. The molecule has 0 saturated heterocycles. The van der Waals surface area contributed by atoms with Gasteiger partial charge in [-0.25, -0.2) is 9.78 Å². The fraction of sp³-hybridized carbons (Fsp3) is 0.316. The van der Waals surface area contributed by atoms with Crippen LogP contribution in [0.1, 0.15) is 35.8 Å². The molecule has 0 fully saturated rings. The van der Waals surface area contributed by atoms with Crippen molar-refractivity contribution in [2.75, 3.05) is 0 Å². The minimum atomic E-state index is -0.540. The van der Waals surface area contributed by atoms with Crippen molar-refractivity contribution in [3.05, 3.63) is 58.8 Å². The largest absolute Gasteiger partial charge is 0.452 e. The summed E-state index contributed by atoms with van der Waals surface area (Å²) in [5, 5.41) is 4.61. The Bertz CT molecular complexity index is 900. The van der Waals surface area contributed by atoms with Gasteiger partial charge >= 0.3 is 5.97 Å². The molecule has 6 nitrogen and oxygen atoms in total. The lowest BCUT2D eigenvalue weighted by Gasteiger charge is -2.06. The third kappa shape index (κ3) is 3.96. The molecule has 1 aromatic carbocycles. The van der Waals surface area contributed by atoms with Gasteiger partial charge in [0.1, 0.15) is 10.7 Å². The van der Waals surface area contributed by atoms with Gasteiger partial charge in [0.15, 0.2) is 12.4 Å². The maximum Gasteiger partial charge on any atom is 0.343 e. The van der Waals surface area contributed by atoms with Crippen LogP contribution in [0, 0.1) is 12.8 Å². The number of ether oxygens (including phenoxy) is 1. The molecule has 3 aromatic rings. The first-order valence-corrected chi connectivity index (χ1v) is 8.73. The second-order valence-electron chi connectivity index (χ2n) is 6.39. The van der Waals surface area contributed by atoms with E-state index in [0.29, 0.717) is 35.0 Å². The highest BCUT2D eigenvalue weighted by Gasteiger charge is 2.22. The van der Waals surface area contributed by atoms with Crippen molar-refractivity contribution in [2.24, 2.45) is 5.92 Å². The molecule has 0 atom stereocenters. The topological polar surface area (TPSA) is 70.2 Å². The highest BCUT2D eigenvalue weighted by Crippen LogP contribution is 2.23. The van der Waals surface area contributed by atoms with E-state index < -0.39 is 5.97 Å². The number of halogens is 1. The first-order valence-electron chi connectivity index (χ1n) is 8.36. The third-order valence-corrected chi connectivity index (χ3v) is 4.13. The first kappa shape index (κ1) is 18.2. The zero-order valence-corrected chi connectivity index (χ0v) is 15.7. The summed E-state index contributed by atoms with van der Waals surface area (Å²) in [4.78, 5) is 16.6. The molecule has 2 aromatic heterocycles. The molecule has 0 saturated carbocycles. The fourth-order valence-electron chi connectivity index (χ4n) is 2.56. The molecule has 0 unspecified atom stereocenters. The lowest BCUT2D eigenvalue weighted by molar-refractivity contribution is 0.0438. The van der Waals surface area contributed by atoms with Crippen LogP contribution in [0.5, 0.6) is 0 Å². The minimum absolute atomic E-state index is 0.0726. The van der Waals surface area contributed by atoms with Crippen LogP contribution in [0.2, 0.25) is 5.15 Å². The Morgan fingerprint density at radius 1 is 1.31 bits per heavy atom. The van der Waals surface area contributed by atoms with Gasteiger partial charge in [-0.3, -0.25) is 4.68 Å². The highest BCUT2D eigenvalue weighted by atomic mass is 35.5. The predicted molar refractivity (Wildman–Crippen MR) is 97.9 cm³/mol. The summed E-state index contributed by atoms with van der Waals surface area (Å²) in [7, 11) is 0. The SMILES string of the molecule is Cc1nn(CC(C)C)c(Cl)c1C(=O)OCc1ncc(-c2ccccc2)o1. The maximum atomic E-state index is 12.4. The molecular formula is C19H20ClN3O3. The van der Waals surface area contributed by atoms with Crippen LogP contribution in [0.3, 0.4) is 0 Å². The molecule has 0 aliphatic carbocycles. The zero-order chi connectivity index (χ0) is 18.7. The van der Waals surface area contributed by atoms with Gasteiger partial charge in [0.2, 0.25) is 5.89 Å². The van der Waals surface area contributed by atoms with Crippen molar-refractivity contribution >= 4 is 17.6 Å². The molecule has 26 heavy (non-hydrogen) atoms. The van der Waals surface area contributed by atoms with Gasteiger partial charge < -0.3 is 9.15 Å². The Balaban J connectivity index is 1.68. The fourth-order valence-corrected chi connectivity index (χ4v) is 2.89. The molecule has 7 heteroatoms. The lowest BCUT2D eigenvalue weighted by Crippen LogP contribution is -2.08. The van der Waals surface area contributed by atoms with E-state index >= 15 is 0 Å². The Hall–Kier alpha value is -2.60. The van der Waals surface area contributed by atoms with E-state index in [1.807, 2.05) is 30.3 Å². The lowest BCUT2D eigenvalue weighted by atomic mass is 10.2. The van der Waals surface area contributed by atoms with E-state index in [9.17, 15) is 4.79 Å². The average Bonchev–Trinajstić information content (AvgIpc) is 3.18. The summed E-state index contributed by atoms with van der Waals surface area (Å²) in [6, 6.07) is 9.59. The number of hydrogen-bond acceptors (Lipinski definition) is 5. The van der Waals surface area contributed by atoms with Crippen LogP contribution in [-0.4, -0.2) is 20.7 Å². The van der Waals surface area contributed by atoms with Gasteiger partial charge in [-0.2, -0.15) is 5.10 Å². The normalized spacial score (nSPS) is 11.1. The van der Waals surface area contributed by atoms with Crippen LogP contribution < -0.4 is 0 Å². The molecule has 0 bridgehead atoms. The number of hydrogen-bond donors (Lipinski definition) is 0. The summed E-state index contributed by atoms with van der Waals surface area (Å²) in [5.74, 6) is 0.762. The van der Waals surface area contributed by atoms with Crippen molar-refractivity contribution in [1.82, 2.24) is 14.8 Å². The van der Waals surface area contributed by atoms with Gasteiger partial charge in [-0.1, -0.05) is 55.8 Å². The van der Waals surface area contributed by atoms with Crippen LogP contribution in [0.15, 0.2) is 40.9 Å². The van der Waals surface area contributed by atoms with E-state index in [1.165, 1.54) is 0 Å². The standard InChI is InChI=1S/C19H20ClN3O3/c1-12(2)10-23-18(20)17(13(3)22-23)19(24)25-11-16-21-9-15(26-16)14-7-5-4-6-8-14/h4-9,12H,10-11H2,1-3H3. The minimum Gasteiger partial charge on any atom is -0.452 e. The van der Waals surface area contributed by atoms with Gasteiger partial charge in [-0.15, -0.1) is 0 Å². The number of aryl methyl sites for hydroxylation is 1. The second-order valence-corrected chi connectivity index (χ2v) is 6.75. The van der Waals surface area contributed by atoms with Crippen molar-refractivity contribution < 1.29 is 13.9 Å². The number of rotatable bonds is 6. The average molecular weight is 374 g/mol. The summed E-state index contributed by atoms with van der Waals surface area (Å²) in [5.41, 5.74) is 1.73. The van der Waals surface area contributed by atoms with Gasteiger partial charge in [0.05, 0.1) is 11.9 Å². The van der Waals surface area contributed by atoms with Crippen LogP contribution in [0.4, 0.5) is 0 Å². The number of benzene rings is 1. The number of carbonyl (C=O) groups excluding carboxylic acids is 1. The first-order chi connectivity index (χ1) is 12.5. The molecule has 2 heterocycles. The third-order valence-electron chi connectivity index (χ3n) is 3.75. The quantitative estimate of drug-likeness (QED) is 0.594. The van der Waals surface area contributed by atoms with E-state index in [4.69, 9.17) is 20.8 Å². The van der Waals surface area contributed by atoms with Gasteiger partial charge in [0, 0.05) is 12.1 Å². The summed E-state index contributed by atoms with van der Waals surface area (Å²) in [6.45, 7) is 6.40. The maximum absolute atomic E-state index is 12.4. The number of oxazole rings is 1. The van der Waals surface area contributed by atoms with Crippen molar-refractivity contribution in [1.29, 1.82) is 0 Å². The Morgan fingerprint density at radius 2 is 2.04 bits per heavy atom. The summed E-state index contributed by atoms with van der Waals surface area (Å²) < 4.78 is 12.6. The van der Waals surface area contributed by atoms with Gasteiger partial charge in [-0.05, 0) is 12.8 Å². The Labute approximate surface area is 156 Å². The van der Waals surface area contributed by atoms with Crippen molar-refractivity contribution in [2.45, 2.75) is 33.9 Å². The zero-order valence-electron chi connectivity index (χ0n) is 14.9. The summed E-state index contributed by atoms with van der Waals surface area (Å²) in [6.07, 6.45) is 1.61. The molecule has 0 amide bonds. The molecule has 0 aliphatic heterocycles. The van der Waals surface area contributed by atoms with E-state index in [1.54, 1.807) is 17.8 Å². The smallest absolute Gasteiger partial charge is 0.343 e. The Kier molecular flexibility index (Phi) is 5.42. The van der Waals surface area contributed by atoms with Crippen molar-refractivity contribution in [3.63, 3.8) is 0 Å². The van der Waals surface area contributed by atoms with E-state index in [0.717, 1.165) is 5.56 Å². The van der Waals surface area contributed by atoms with Crippen LogP contribution in [-0.2, 0) is 17.9 Å². The van der Waals surface area contributed by atoms with Crippen molar-refractivity contribution in [3.8, 4) is 11.3 Å². The van der Waals surface area contributed by atoms with Crippen LogP contribution in [0.25, 0.3) is 11.3 Å². The number of nitrogens with zero attached hydrogens (tertiary/aromatic N) is 3. The predicted octanol–water partition coefficient (Wildman–Crippen LogP) is 4.51. The van der Waals surface area contributed by atoms with E-state index in [-0.39, 0.29) is 12.2 Å². The molecule has 0 aliphatic rings. The highest BCUT2D eigenvalue weighted by molar-refractivity contribution is 6.32. The monoisotopic (exact) mass is 373 g/mol. The number of esters is 1. The summed E-state index contributed by atoms with van der Waals surface area (Å²) >= 11 is 6.30. The number of carbonyl (C=O) groups is 1. The van der Waals surface area contributed by atoms with Gasteiger partial charge in [0.25, 0.3) is 0 Å². The number of aromatic nitrogens is 3. The van der Waals surface area contributed by atoms with E-state index in [2.05, 4.69) is 23.9 Å². The molecule has 3 rings (SSSR count).